The van der Waals surface area contributed by atoms with E-state index < -0.39 is 0 Å². The lowest BCUT2D eigenvalue weighted by molar-refractivity contribution is 0.0307. The maximum absolute atomic E-state index is 11.5. The summed E-state index contributed by atoms with van der Waals surface area (Å²) in [5, 5.41) is 1.90. The first kappa shape index (κ1) is 13.5. The van der Waals surface area contributed by atoms with Crippen molar-refractivity contribution < 1.29 is 9.53 Å². The van der Waals surface area contributed by atoms with Crippen molar-refractivity contribution in [3.63, 3.8) is 0 Å². The second-order valence-corrected chi connectivity index (χ2v) is 5.59. The molecule has 1 amide bonds. The Hall–Kier alpha value is -0.910. The number of carbonyl (C=O) groups excluding carboxylic acids is 1. The molecule has 0 atom stereocenters. The summed E-state index contributed by atoms with van der Waals surface area (Å²) in [7, 11) is 0. The van der Waals surface area contributed by atoms with E-state index in [1.165, 1.54) is 37.0 Å². The van der Waals surface area contributed by atoms with Gasteiger partial charge in [0.2, 0.25) is 0 Å². The molecule has 1 saturated carbocycles. The minimum atomic E-state index is -0.232. The van der Waals surface area contributed by atoms with Gasteiger partial charge in [-0.1, -0.05) is 25.7 Å². The molecule has 0 aromatic carbocycles. The highest BCUT2D eigenvalue weighted by molar-refractivity contribution is 7.12. The largest absolute Gasteiger partial charge is 0.373 e. The number of hydrogen-bond donors (Lipinski definition) is 2. The average molecular weight is 268 g/mol. The third-order valence-corrected chi connectivity index (χ3v) is 4.32. The van der Waals surface area contributed by atoms with Crippen LogP contribution in [0.25, 0.3) is 0 Å². The molecule has 1 aromatic rings. The van der Waals surface area contributed by atoms with Crippen LogP contribution in [-0.2, 0) is 11.3 Å². The molecular formula is C13H20N2O2S. The van der Waals surface area contributed by atoms with Gasteiger partial charge >= 0.3 is 0 Å². The number of ether oxygens (including phenoxy) is 1. The maximum atomic E-state index is 11.5. The Labute approximate surface area is 111 Å². The zero-order valence-electron chi connectivity index (χ0n) is 10.5. The highest BCUT2D eigenvalue weighted by Crippen LogP contribution is 2.23. The summed E-state index contributed by atoms with van der Waals surface area (Å²) in [5.74, 6) is 4.93. The van der Waals surface area contributed by atoms with E-state index in [1.807, 2.05) is 11.4 Å². The van der Waals surface area contributed by atoms with Crippen LogP contribution in [0.3, 0.4) is 0 Å². The second kappa shape index (κ2) is 6.87. The van der Waals surface area contributed by atoms with Gasteiger partial charge in [-0.25, -0.2) is 5.84 Å². The summed E-state index contributed by atoms with van der Waals surface area (Å²) in [6.07, 6.45) is 7.78. The number of amides is 1. The number of carbonyl (C=O) groups is 1. The van der Waals surface area contributed by atoms with Gasteiger partial charge in [-0.3, -0.25) is 10.2 Å². The molecular weight excluding hydrogens is 248 g/mol. The van der Waals surface area contributed by atoms with Crippen LogP contribution in [0.5, 0.6) is 0 Å². The molecule has 0 radical (unpaired) electrons. The fraction of sp³-hybridized carbons (Fsp3) is 0.615. The number of rotatable bonds is 4. The van der Waals surface area contributed by atoms with Crippen LogP contribution < -0.4 is 11.3 Å². The minimum Gasteiger partial charge on any atom is -0.373 e. The zero-order chi connectivity index (χ0) is 12.8. The van der Waals surface area contributed by atoms with Gasteiger partial charge in [0.25, 0.3) is 5.91 Å². The van der Waals surface area contributed by atoms with Crippen molar-refractivity contribution in [3.05, 3.63) is 21.9 Å². The van der Waals surface area contributed by atoms with Crippen molar-refractivity contribution in [1.29, 1.82) is 0 Å². The van der Waals surface area contributed by atoms with Crippen LogP contribution in [0.2, 0.25) is 0 Å². The minimum absolute atomic E-state index is 0.232. The van der Waals surface area contributed by atoms with E-state index in [-0.39, 0.29) is 5.91 Å². The molecule has 1 heterocycles. The van der Waals surface area contributed by atoms with E-state index in [9.17, 15) is 4.79 Å². The van der Waals surface area contributed by atoms with Crippen molar-refractivity contribution in [3.8, 4) is 0 Å². The summed E-state index contributed by atoms with van der Waals surface area (Å²) in [6, 6.07) is 1.94. The number of thiophene rings is 1. The first-order valence-corrected chi connectivity index (χ1v) is 7.38. The fourth-order valence-corrected chi connectivity index (χ4v) is 3.14. The predicted octanol–water partition coefficient (Wildman–Crippen LogP) is 2.59. The SMILES string of the molecule is NNC(=O)c1sccc1COC1CCCCCC1. The van der Waals surface area contributed by atoms with E-state index in [0.29, 0.717) is 17.6 Å². The van der Waals surface area contributed by atoms with E-state index in [1.54, 1.807) is 0 Å². The van der Waals surface area contributed by atoms with Crippen LogP contribution in [0, 0.1) is 0 Å². The van der Waals surface area contributed by atoms with Crippen molar-refractivity contribution in [2.45, 2.75) is 51.2 Å². The number of hydrazine groups is 1. The highest BCUT2D eigenvalue weighted by Gasteiger charge is 2.16. The molecule has 1 fully saturated rings. The molecule has 0 unspecified atom stereocenters. The van der Waals surface area contributed by atoms with E-state index in [2.05, 4.69) is 5.43 Å². The number of hydrogen-bond acceptors (Lipinski definition) is 4. The van der Waals surface area contributed by atoms with E-state index in [0.717, 1.165) is 18.4 Å². The van der Waals surface area contributed by atoms with Gasteiger partial charge in [-0.15, -0.1) is 11.3 Å². The van der Waals surface area contributed by atoms with Crippen molar-refractivity contribution >= 4 is 17.2 Å². The van der Waals surface area contributed by atoms with Crippen LogP contribution in [-0.4, -0.2) is 12.0 Å². The molecule has 2 rings (SSSR count). The molecule has 0 bridgehead atoms. The topological polar surface area (TPSA) is 64.3 Å². The number of nitrogens with two attached hydrogens (primary N) is 1. The van der Waals surface area contributed by atoms with E-state index >= 15 is 0 Å². The van der Waals surface area contributed by atoms with Crippen molar-refractivity contribution in [2.24, 2.45) is 5.84 Å². The Morgan fingerprint density at radius 1 is 1.39 bits per heavy atom. The zero-order valence-corrected chi connectivity index (χ0v) is 11.3. The summed E-state index contributed by atoms with van der Waals surface area (Å²) >= 11 is 1.40. The first-order valence-electron chi connectivity index (χ1n) is 6.50. The first-order chi connectivity index (χ1) is 8.81. The number of nitrogens with one attached hydrogen (secondary N) is 1. The monoisotopic (exact) mass is 268 g/mol. The standard InChI is InChI=1S/C13H20N2O2S/c14-15-13(16)12-10(7-8-18-12)9-17-11-5-3-1-2-4-6-11/h7-8,11H,1-6,9,14H2,(H,15,16). The second-order valence-electron chi connectivity index (χ2n) is 4.67. The lowest BCUT2D eigenvalue weighted by Crippen LogP contribution is -2.30. The van der Waals surface area contributed by atoms with Crippen LogP contribution in [0.4, 0.5) is 0 Å². The van der Waals surface area contributed by atoms with Gasteiger partial charge in [0.1, 0.15) is 0 Å². The Morgan fingerprint density at radius 2 is 2.11 bits per heavy atom. The third-order valence-electron chi connectivity index (χ3n) is 3.36. The van der Waals surface area contributed by atoms with Crippen LogP contribution in [0.1, 0.15) is 53.8 Å². The Bertz CT molecular complexity index is 384. The molecule has 100 valence electrons. The molecule has 1 aliphatic rings. The summed E-state index contributed by atoms with van der Waals surface area (Å²) in [5.41, 5.74) is 3.11. The Morgan fingerprint density at radius 3 is 2.78 bits per heavy atom. The molecule has 5 heteroatoms. The van der Waals surface area contributed by atoms with Crippen molar-refractivity contribution in [2.75, 3.05) is 0 Å². The Kier molecular flexibility index (Phi) is 5.16. The van der Waals surface area contributed by atoms with Gasteiger partial charge in [-0.2, -0.15) is 0 Å². The maximum Gasteiger partial charge on any atom is 0.275 e. The summed E-state index contributed by atoms with van der Waals surface area (Å²) in [4.78, 5) is 12.2. The molecule has 4 nitrogen and oxygen atoms in total. The van der Waals surface area contributed by atoms with Gasteiger partial charge in [0.15, 0.2) is 0 Å². The fourth-order valence-electron chi connectivity index (χ4n) is 2.33. The molecule has 0 saturated heterocycles. The lowest BCUT2D eigenvalue weighted by atomic mass is 10.1. The third kappa shape index (κ3) is 3.54. The summed E-state index contributed by atoms with van der Waals surface area (Å²) < 4.78 is 5.93. The Balaban J connectivity index is 1.89. The number of nitrogen functional groups attached to an aromatic ring is 1. The molecule has 0 aliphatic heterocycles. The molecule has 1 aromatic heterocycles. The predicted molar refractivity (Wildman–Crippen MR) is 72.3 cm³/mol. The highest BCUT2D eigenvalue weighted by atomic mass is 32.1. The summed E-state index contributed by atoms with van der Waals surface area (Å²) in [6.45, 7) is 0.511. The van der Waals surface area contributed by atoms with Gasteiger partial charge in [0, 0.05) is 5.56 Å². The van der Waals surface area contributed by atoms with Gasteiger partial charge in [0.05, 0.1) is 17.6 Å². The molecule has 1 aliphatic carbocycles. The van der Waals surface area contributed by atoms with Crippen LogP contribution >= 0.6 is 11.3 Å². The van der Waals surface area contributed by atoms with E-state index in [4.69, 9.17) is 10.6 Å². The molecule has 18 heavy (non-hydrogen) atoms. The van der Waals surface area contributed by atoms with Crippen LogP contribution in [0.15, 0.2) is 11.4 Å². The van der Waals surface area contributed by atoms with Crippen molar-refractivity contribution in [1.82, 2.24) is 5.43 Å². The lowest BCUT2D eigenvalue weighted by Gasteiger charge is -2.15. The smallest absolute Gasteiger partial charge is 0.275 e. The molecule has 0 spiro atoms. The molecule has 3 N–H and O–H groups in total. The normalized spacial score (nSPS) is 17.4. The van der Waals surface area contributed by atoms with Gasteiger partial charge < -0.3 is 4.74 Å². The quantitative estimate of drug-likeness (QED) is 0.382. The average Bonchev–Trinajstić information content (AvgIpc) is 2.71. The van der Waals surface area contributed by atoms with Gasteiger partial charge in [-0.05, 0) is 24.3 Å².